The predicted molar refractivity (Wildman–Crippen MR) is 52.8 cm³/mol. The van der Waals surface area contributed by atoms with E-state index in [1.165, 1.54) is 6.42 Å². The molecule has 0 aromatic heterocycles. The molecule has 1 aliphatic carbocycles. The van der Waals surface area contributed by atoms with E-state index < -0.39 is 0 Å². The summed E-state index contributed by atoms with van der Waals surface area (Å²) in [7, 11) is 0. The molecule has 0 saturated heterocycles. The van der Waals surface area contributed by atoms with Crippen LogP contribution in [0.15, 0.2) is 0 Å². The second kappa shape index (κ2) is 4.52. The van der Waals surface area contributed by atoms with Gasteiger partial charge in [0, 0.05) is 12.5 Å². The molecular weight excluding hydrogens is 146 g/mol. The summed E-state index contributed by atoms with van der Waals surface area (Å²) in [6.45, 7) is 5.55. The quantitative estimate of drug-likeness (QED) is 0.615. The first-order valence-corrected chi connectivity index (χ1v) is 4.96. The van der Waals surface area contributed by atoms with E-state index in [1.54, 1.807) is 0 Å². The van der Waals surface area contributed by atoms with Crippen molar-refractivity contribution in [2.24, 2.45) is 11.8 Å². The molecule has 0 aliphatic heterocycles. The first kappa shape index (κ1) is 9.61. The normalized spacial score (nSPS) is 29.4. The topological polar surface area (TPSA) is 12.0 Å². The lowest BCUT2D eigenvalue weighted by Gasteiger charge is -2.15. The van der Waals surface area contributed by atoms with Crippen LogP contribution in [0, 0.1) is 24.2 Å². The SMILES string of the molecule is C#CCCC(NCC)C1CC1C. The van der Waals surface area contributed by atoms with Crippen molar-refractivity contribution in [1.82, 2.24) is 5.32 Å². The third kappa shape index (κ3) is 2.53. The second-order valence-electron chi connectivity index (χ2n) is 3.78. The Morgan fingerprint density at radius 3 is 2.75 bits per heavy atom. The largest absolute Gasteiger partial charge is 0.314 e. The number of nitrogens with one attached hydrogen (secondary N) is 1. The molecule has 0 radical (unpaired) electrons. The standard InChI is InChI=1S/C11H19N/c1-4-6-7-11(12-5-2)10-8-9(10)3/h1,9-12H,5-8H2,2-3H3. The lowest BCUT2D eigenvalue weighted by atomic mass is 10.1. The highest BCUT2D eigenvalue weighted by molar-refractivity contribution is 4.95. The van der Waals surface area contributed by atoms with Gasteiger partial charge in [0.25, 0.3) is 0 Å². The minimum Gasteiger partial charge on any atom is -0.314 e. The number of hydrogen-bond acceptors (Lipinski definition) is 1. The van der Waals surface area contributed by atoms with Gasteiger partial charge in [-0.25, -0.2) is 0 Å². The van der Waals surface area contributed by atoms with Crippen molar-refractivity contribution in [3.8, 4) is 12.3 Å². The maximum absolute atomic E-state index is 5.25. The van der Waals surface area contributed by atoms with Crippen LogP contribution in [0.5, 0.6) is 0 Å². The van der Waals surface area contributed by atoms with E-state index in [0.717, 1.165) is 31.2 Å². The lowest BCUT2D eigenvalue weighted by molar-refractivity contribution is 0.435. The maximum atomic E-state index is 5.25. The van der Waals surface area contributed by atoms with Gasteiger partial charge in [-0.15, -0.1) is 12.3 Å². The van der Waals surface area contributed by atoms with Gasteiger partial charge >= 0.3 is 0 Å². The fourth-order valence-corrected chi connectivity index (χ4v) is 1.88. The summed E-state index contributed by atoms with van der Waals surface area (Å²) >= 11 is 0. The summed E-state index contributed by atoms with van der Waals surface area (Å²) in [5, 5.41) is 3.51. The fourth-order valence-electron chi connectivity index (χ4n) is 1.88. The van der Waals surface area contributed by atoms with E-state index in [9.17, 15) is 0 Å². The number of terminal acetylenes is 1. The van der Waals surface area contributed by atoms with Crippen molar-refractivity contribution >= 4 is 0 Å². The highest BCUT2D eigenvalue weighted by atomic mass is 14.9. The van der Waals surface area contributed by atoms with Crippen LogP contribution in [0.25, 0.3) is 0 Å². The van der Waals surface area contributed by atoms with E-state index in [-0.39, 0.29) is 0 Å². The monoisotopic (exact) mass is 165 g/mol. The minimum atomic E-state index is 0.682. The Labute approximate surface area is 75.9 Å². The van der Waals surface area contributed by atoms with Gasteiger partial charge in [0.1, 0.15) is 0 Å². The molecule has 0 heterocycles. The van der Waals surface area contributed by atoms with E-state index in [1.807, 2.05) is 0 Å². The third-order valence-corrected chi connectivity index (χ3v) is 2.75. The Balaban J connectivity index is 2.24. The molecule has 0 bridgehead atoms. The number of hydrogen-bond donors (Lipinski definition) is 1. The Hall–Kier alpha value is -0.480. The summed E-state index contributed by atoms with van der Waals surface area (Å²) in [6.07, 6.45) is 8.71. The first-order valence-electron chi connectivity index (χ1n) is 4.96. The molecule has 3 unspecified atom stereocenters. The van der Waals surface area contributed by atoms with Crippen LogP contribution in [0.2, 0.25) is 0 Å². The average Bonchev–Trinajstić information content (AvgIpc) is 2.76. The molecule has 1 rings (SSSR count). The highest BCUT2D eigenvalue weighted by Gasteiger charge is 2.38. The second-order valence-corrected chi connectivity index (χ2v) is 3.78. The molecule has 0 aromatic rings. The van der Waals surface area contributed by atoms with Crippen LogP contribution >= 0.6 is 0 Å². The van der Waals surface area contributed by atoms with Gasteiger partial charge in [-0.2, -0.15) is 0 Å². The zero-order valence-electron chi connectivity index (χ0n) is 8.14. The zero-order chi connectivity index (χ0) is 8.97. The Morgan fingerprint density at radius 2 is 2.33 bits per heavy atom. The van der Waals surface area contributed by atoms with Crippen molar-refractivity contribution in [3.05, 3.63) is 0 Å². The highest BCUT2D eigenvalue weighted by Crippen LogP contribution is 2.41. The van der Waals surface area contributed by atoms with Crippen molar-refractivity contribution in [2.75, 3.05) is 6.54 Å². The molecule has 3 atom stereocenters. The summed E-state index contributed by atoms with van der Waals surface area (Å²) in [6, 6.07) is 0.682. The molecule has 1 aliphatic rings. The molecule has 68 valence electrons. The zero-order valence-corrected chi connectivity index (χ0v) is 8.14. The van der Waals surface area contributed by atoms with Crippen molar-refractivity contribution in [3.63, 3.8) is 0 Å². The lowest BCUT2D eigenvalue weighted by Crippen LogP contribution is -2.31. The molecule has 0 spiro atoms. The van der Waals surface area contributed by atoms with Crippen LogP contribution < -0.4 is 5.32 Å². The van der Waals surface area contributed by atoms with Crippen molar-refractivity contribution in [2.45, 2.75) is 39.2 Å². The summed E-state index contributed by atoms with van der Waals surface area (Å²) in [5.41, 5.74) is 0. The molecule has 12 heavy (non-hydrogen) atoms. The van der Waals surface area contributed by atoms with Gasteiger partial charge in [0.05, 0.1) is 0 Å². The number of rotatable bonds is 5. The Morgan fingerprint density at radius 1 is 1.67 bits per heavy atom. The Bertz CT molecular complexity index is 168. The van der Waals surface area contributed by atoms with Gasteiger partial charge < -0.3 is 5.32 Å². The van der Waals surface area contributed by atoms with Gasteiger partial charge in [-0.1, -0.05) is 13.8 Å². The molecule has 0 aromatic carbocycles. The van der Waals surface area contributed by atoms with E-state index in [4.69, 9.17) is 6.42 Å². The molecular formula is C11H19N. The summed E-state index contributed by atoms with van der Waals surface area (Å²) < 4.78 is 0. The molecule has 0 amide bonds. The van der Waals surface area contributed by atoms with Crippen LogP contribution in [0.4, 0.5) is 0 Å². The Kier molecular flexibility index (Phi) is 3.62. The van der Waals surface area contributed by atoms with Crippen LogP contribution in [-0.4, -0.2) is 12.6 Å². The maximum Gasteiger partial charge on any atom is 0.0107 e. The summed E-state index contributed by atoms with van der Waals surface area (Å²) in [4.78, 5) is 0. The van der Waals surface area contributed by atoms with E-state index in [2.05, 4.69) is 25.1 Å². The van der Waals surface area contributed by atoms with Crippen LogP contribution in [0.1, 0.15) is 33.1 Å². The smallest absolute Gasteiger partial charge is 0.0107 e. The first-order chi connectivity index (χ1) is 5.79. The minimum absolute atomic E-state index is 0.682. The van der Waals surface area contributed by atoms with Gasteiger partial charge in [-0.05, 0) is 31.2 Å². The van der Waals surface area contributed by atoms with E-state index in [0.29, 0.717) is 6.04 Å². The van der Waals surface area contributed by atoms with Gasteiger partial charge in [0.15, 0.2) is 0 Å². The third-order valence-electron chi connectivity index (χ3n) is 2.75. The van der Waals surface area contributed by atoms with E-state index >= 15 is 0 Å². The van der Waals surface area contributed by atoms with Crippen molar-refractivity contribution in [1.29, 1.82) is 0 Å². The summed E-state index contributed by atoms with van der Waals surface area (Å²) in [5.74, 6) is 4.54. The fraction of sp³-hybridized carbons (Fsp3) is 0.818. The molecule has 1 fully saturated rings. The van der Waals surface area contributed by atoms with Gasteiger partial charge in [0.2, 0.25) is 0 Å². The van der Waals surface area contributed by atoms with Gasteiger partial charge in [-0.3, -0.25) is 0 Å². The average molecular weight is 165 g/mol. The van der Waals surface area contributed by atoms with Crippen molar-refractivity contribution < 1.29 is 0 Å². The molecule has 1 heteroatoms. The molecule has 1 N–H and O–H groups in total. The molecule has 1 nitrogen and oxygen atoms in total. The molecule has 1 saturated carbocycles. The van der Waals surface area contributed by atoms with Crippen LogP contribution in [0.3, 0.4) is 0 Å². The van der Waals surface area contributed by atoms with Crippen LogP contribution in [-0.2, 0) is 0 Å². The predicted octanol–water partition coefficient (Wildman–Crippen LogP) is 2.03.